The summed E-state index contributed by atoms with van der Waals surface area (Å²) in [5.74, 6) is 0. The first-order valence-electron chi connectivity index (χ1n) is 8.50. The Balaban J connectivity index is 2.97. The van der Waals surface area contributed by atoms with Crippen molar-refractivity contribution in [2.75, 3.05) is 0 Å². The van der Waals surface area contributed by atoms with Crippen LogP contribution in [0.5, 0.6) is 0 Å². The Morgan fingerprint density at radius 2 is 1.86 bits per heavy atom. The van der Waals surface area contributed by atoms with E-state index in [1.54, 1.807) is 6.92 Å². The maximum absolute atomic E-state index is 9.51. The van der Waals surface area contributed by atoms with Gasteiger partial charge in [0.15, 0.2) is 8.32 Å². The minimum Gasteiger partial charge on any atom is -0.414 e. The molecular weight excluding hydrogens is 288 g/mol. The quantitative estimate of drug-likeness (QED) is 0.697. The molecule has 0 aliphatic heterocycles. The van der Waals surface area contributed by atoms with Crippen molar-refractivity contribution in [3.05, 3.63) is 23.3 Å². The third-order valence-corrected chi connectivity index (χ3v) is 9.80. The average Bonchev–Trinajstić information content (AvgIpc) is 2.23. The van der Waals surface area contributed by atoms with E-state index < -0.39 is 14.4 Å². The molecule has 22 heavy (non-hydrogen) atoms. The monoisotopic (exact) mass is 324 g/mol. The maximum Gasteiger partial charge on any atom is 0.192 e. The van der Waals surface area contributed by atoms with Gasteiger partial charge in [0.25, 0.3) is 0 Å². The Hall–Kier alpha value is -0.383. The van der Waals surface area contributed by atoms with Gasteiger partial charge in [-0.25, -0.2) is 0 Å². The summed E-state index contributed by atoms with van der Waals surface area (Å²) in [6, 6.07) is 0. The molecule has 0 radical (unpaired) electrons. The van der Waals surface area contributed by atoms with Crippen LogP contribution in [0.1, 0.15) is 61.3 Å². The lowest BCUT2D eigenvalue weighted by Gasteiger charge is -2.44. The highest BCUT2D eigenvalue weighted by Crippen LogP contribution is 2.45. The molecule has 0 amide bonds. The van der Waals surface area contributed by atoms with Gasteiger partial charge in [-0.05, 0) is 55.8 Å². The lowest BCUT2D eigenvalue weighted by atomic mass is 9.71. The van der Waals surface area contributed by atoms with E-state index >= 15 is 0 Å². The molecule has 0 bridgehead atoms. The fourth-order valence-electron chi connectivity index (χ4n) is 3.06. The van der Waals surface area contributed by atoms with Crippen LogP contribution in [0.15, 0.2) is 23.3 Å². The molecule has 1 N–H and O–H groups in total. The van der Waals surface area contributed by atoms with Crippen LogP contribution in [-0.4, -0.2) is 25.6 Å². The predicted molar refractivity (Wildman–Crippen MR) is 98.6 cm³/mol. The van der Waals surface area contributed by atoms with E-state index in [4.69, 9.17) is 4.43 Å². The molecule has 3 heteroatoms. The summed E-state index contributed by atoms with van der Waals surface area (Å²) in [5.41, 5.74) is 2.86. The molecule has 0 aromatic carbocycles. The normalized spacial score (nSPS) is 24.9. The summed E-state index contributed by atoms with van der Waals surface area (Å²) in [4.78, 5) is 0. The van der Waals surface area contributed by atoms with E-state index in [2.05, 4.69) is 60.7 Å². The lowest BCUT2D eigenvalue weighted by molar-refractivity contribution is 0.124. The van der Waals surface area contributed by atoms with Crippen molar-refractivity contribution < 1.29 is 9.53 Å². The Morgan fingerprint density at radius 1 is 1.32 bits per heavy atom. The summed E-state index contributed by atoms with van der Waals surface area (Å²) < 4.78 is 6.65. The first-order valence-corrected chi connectivity index (χ1v) is 11.4. The number of rotatable bonds is 4. The zero-order valence-corrected chi connectivity index (χ0v) is 17.1. The standard InChI is InChI=1S/C19H36O2Si/c1-14-12-16(21-22(8,9)18(3,4)5)13-19(6,7)17(14)11-10-15(2)20/h10-11,15-16,20H,12-13H2,1-9H3/b11-10+/t15-,16+/m0/s1. The number of aliphatic hydroxyl groups is 1. The van der Waals surface area contributed by atoms with Gasteiger partial charge in [0, 0.05) is 6.10 Å². The van der Waals surface area contributed by atoms with Gasteiger partial charge in [-0.2, -0.15) is 0 Å². The van der Waals surface area contributed by atoms with Gasteiger partial charge >= 0.3 is 0 Å². The van der Waals surface area contributed by atoms with E-state index in [-0.39, 0.29) is 10.5 Å². The van der Waals surface area contributed by atoms with Crippen molar-refractivity contribution in [3.63, 3.8) is 0 Å². The van der Waals surface area contributed by atoms with E-state index in [9.17, 15) is 5.11 Å². The van der Waals surface area contributed by atoms with Crippen molar-refractivity contribution in [1.29, 1.82) is 0 Å². The van der Waals surface area contributed by atoms with Gasteiger partial charge in [-0.1, -0.05) is 52.3 Å². The van der Waals surface area contributed by atoms with Crippen LogP contribution in [-0.2, 0) is 4.43 Å². The molecule has 2 atom stereocenters. The van der Waals surface area contributed by atoms with Crippen LogP contribution in [0.3, 0.4) is 0 Å². The number of allylic oxidation sites excluding steroid dienone is 2. The van der Waals surface area contributed by atoms with E-state index in [1.807, 2.05) is 6.08 Å². The SMILES string of the molecule is CC1=C(/C=C/[C@H](C)O)C(C)(C)C[C@H](O[Si](C)(C)C(C)(C)C)C1. The first kappa shape index (κ1) is 19.7. The number of aliphatic hydroxyl groups excluding tert-OH is 1. The lowest BCUT2D eigenvalue weighted by Crippen LogP contribution is -2.46. The largest absolute Gasteiger partial charge is 0.414 e. The second-order valence-corrected chi connectivity index (χ2v) is 13.8. The van der Waals surface area contributed by atoms with E-state index in [1.165, 1.54) is 11.1 Å². The average molecular weight is 325 g/mol. The van der Waals surface area contributed by atoms with Crippen LogP contribution < -0.4 is 0 Å². The van der Waals surface area contributed by atoms with Crippen LogP contribution >= 0.6 is 0 Å². The summed E-state index contributed by atoms with van der Waals surface area (Å²) in [7, 11) is -1.72. The highest BCUT2D eigenvalue weighted by molar-refractivity contribution is 6.74. The highest BCUT2D eigenvalue weighted by atomic mass is 28.4. The molecule has 1 aliphatic rings. The number of hydrogen-bond donors (Lipinski definition) is 1. The minimum atomic E-state index is -1.72. The molecule has 0 aromatic rings. The second-order valence-electron chi connectivity index (χ2n) is 9.09. The Morgan fingerprint density at radius 3 is 2.27 bits per heavy atom. The molecule has 0 unspecified atom stereocenters. The van der Waals surface area contributed by atoms with Crippen molar-refractivity contribution in [2.45, 2.75) is 91.6 Å². The van der Waals surface area contributed by atoms with Crippen LogP contribution in [0.2, 0.25) is 18.1 Å². The Bertz CT molecular complexity index is 451. The molecule has 0 aromatic heterocycles. The molecule has 2 nitrogen and oxygen atoms in total. The highest BCUT2D eigenvalue weighted by Gasteiger charge is 2.42. The van der Waals surface area contributed by atoms with Crippen molar-refractivity contribution in [2.24, 2.45) is 5.41 Å². The van der Waals surface area contributed by atoms with Gasteiger partial charge in [0.05, 0.1) is 6.10 Å². The molecule has 128 valence electrons. The van der Waals surface area contributed by atoms with Crippen LogP contribution in [0, 0.1) is 5.41 Å². The molecule has 0 spiro atoms. The summed E-state index contributed by atoms with van der Waals surface area (Å²) >= 11 is 0. The fourth-order valence-corrected chi connectivity index (χ4v) is 4.41. The first-order chi connectivity index (χ1) is 9.76. The van der Waals surface area contributed by atoms with E-state index in [0.29, 0.717) is 6.10 Å². The van der Waals surface area contributed by atoms with Gasteiger partial charge < -0.3 is 9.53 Å². The second kappa shape index (κ2) is 6.62. The third-order valence-electron chi connectivity index (χ3n) is 5.27. The molecule has 0 saturated carbocycles. The van der Waals surface area contributed by atoms with Gasteiger partial charge in [0.1, 0.15) is 0 Å². The summed E-state index contributed by atoms with van der Waals surface area (Å²) in [6.07, 6.45) is 5.99. The van der Waals surface area contributed by atoms with Gasteiger partial charge in [0.2, 0.25) is 0 Å². The minimum absolute atomic E-state index is 0.0980. The molecular formula is C19H36O2Si. The summed E-state index contributed by atoms with van der Waals surface area (Å²) in [6.45, 7) is 20.2. The Kier molecular flexibility index (Phi) is 5.92. The summed E-state index contributed by atoms with van der Waals surface area (Å²) in [5, 5.41) is 9.76. The zero-order valence-electron chi connectivity index (χ0n) is 16.1. The Labute approximate surface area is 138 Å². The molecule has 0 heterocycles. The maximum atomic E-state index is 9.51. The third kappa shape index (κ3) is 4.80. The van der Waals surface area contributed by atoms with Gasteiger partial charge in [-0.3, -0.25) is 0 Å². The molecule has 0 saturated heterocycles. The van der Waals surface area contributed by atoms with Crippen molar-refractivity contribution in [1.82, 2.24) is 0 Å². The van der Waals surface area contributed by atoms with Crippen LogP contribution in [0.4, 0.5) is 0 Å². The van der Waals surface area contributed by atoms with E-state index in [0.717, 1.165) is 12.8 Å². The molecule has 0 fully saturated rings. The fraction of sp³-hybridized carbons (Fsp3) is 0.789. The molecule has 1 aliphatic carbocycles. The van der Waals surface area contributed by atoms with Crippen LogP contribution in [0.25, 0.3) is 0 Å². The smallest absolute Gasteiger partial charge is 0.192 e. The molecule has 1 rings (SSSR count). The zero-order chi connectivity index (χ0) is 17.3. The topological polar surface area (TPSA) is 29.5 Å². The van der Waals surface area contributed by atoms with Crippen molar-refractivity contribution in [3.8, 4) is 0 Å². The number of hydrogen-bond acceptors (Lipinski definition) is 2. The predicted octanol–water partition coefficient (Wildman–Crippen LogP) is 5.45. The van der Waals surface area contributed by atoms with Gasteiger partial charge in [-0.15, -0.1) is 0 Å². The van der Waals surface area contributed by atoms with Crippen molar-refractivity contribution >= 4 is 8.32 Å².